The van der Waals surface area contributed by atoms with E-state index >= 15 is 0 Å². The van der Waals surface area contributed by atoms with Crippen molar-refractivity contribution in [1.29, 1.82) is 0 Å². The molecule has 0 radical (unpaired) electrons. The first-order valence-electron chi connectivity index (χ1n) is 11.6. The number of nitrogens with one attached hydrogen (secondary N) is 3. The molecule has 35 heavy (non-hydrogen) atoms. The molecule has 0 aliphatic rings. The third-order valence-corrected chi connectivity index (χ3v) is 5.66. The number of anilines is 5. The second kappa shape index (κ2) is 10.8. The van der Waals surface area contributed by atoms with Crippen molar-refractivity contribution in [2.75, 3.05) is 16.0 Å². The van der Waals surface area contributed by atoms with Crippen LogP contribution >= 0.6 is 0 Å². The minimum absolute atomic E-state index is 0.209. The van der Waals surface area contributed by atoms with Gasteiger partial charge in [-0.2, -0.15) is 4.98 Å². The van der Waals surface area contributed by atoms with Crippen LogP contribution in [0.1, 0.15) is 41.0 Å². The standard InChI is InChI=1S/C28H28FN5O/c1-4-19-9-13-23(14-10-19)31-26-25(33-27(35)21-7-6-8-22(29)17-21)18(3)30-28(34-26)32-24-15-11-20(5-2)12-16-24/h6-17H,4-5H2,1-3H3,(H,33,35)(H2,30,31,32,34). The van der Waals surface area contributed by atoms with E-state index in [-0.39, 0.29) is 5.56 Å². The SMILES string of the molecule is CCc1ccc(Nc2nc(C)c(NC(=O)c3cccc(F)c3)c(Nc3ccc(CC)cc3)n2)cc1. The fourth-order valence-electron chi connectivity index (χ4n) is 3.60. The molecular weight excluding hydrogens is 441 g/mol. The smallest absolute Gasteiger partial charge is 0.255 e. The number of rotatable bonds is 8. The average molecular weight is 470 g/mol. The molecule has 0 saturated carbocycles. The summed E-state index contributed by atoms with van der Waals surface area (Å²) in [6.07, 6.45) is 1.90. The summed E-state index contributed by atoms with van der Waals surface area (Å²) < 4.78 is 13.7. The predicted octanol–water partition coefficient (Wildman–Crippen LogP) is 6.79. The molecule has 0 spiro atoms. The number of carbonyl (C=O) groups excluding carboxylic acids is 1. The maximum absolute atomic E-state index is 13.7. The third-order valence-electron chi connectivity index (χ3n) is 5.66. The molecule has 3 N–H and O–H groups in total. The molecule has 6 nitrogen and oxygen atoms in total. The molecule has 7 heteroatoms. The highest BCUT2D eigenvalue weighted by atomic mass is 19.1. The summed E-state index contributed by atoms with van der Waals surface area (Å²) in [7, 11) is 0. The van der Waals surface area contributed by atoms with Crippen LogP contribution in [0, 0.1) is 12.7 Å². The predicted molar refractivity (Wildman–Crippen MR) is 139 cm³/mol. The van der Waals surface area contributed by atoms with E-state index in [0.717, 1.165) is 24.2 Å². The first-order valence-corrected chi connectivity index (χ1v) is 11.6. The molecular formula is C28H28FN5O. The van der Waals surface area contributed by atoms with E-state index in [0.29, 0.717) is 23.1 Å². The first-order chi connectivity index (χ1) is 16.9. The summed E-state index contributed by atoms with van der Waals surface area (Å²) in [5, 5.41) is 9.38. The average Bonchev–Trinajstić information content (AvgIpc) is 2.87. The lowest BCUT2D eigenvalue weighted by atomic mass is 10.1. The fraction of sp³-hybridized carbons (Fsp3) is 0.179. The Morgan fingerprint density at radius 2 is 1.43 bits per heavy atom. The maximum Gasteiger partial charge on any atom is 0.255 e. The molecule has 178 valence electrons. The van der Waals surface area contributed by atoms with Crippen molar-refractivity contribution in [1.82, 2.24) is 9.97 Å². The fourth-order valence-corrected chi connectivity index (χ4v) is 3.60. The number of aryl methyl sites for hydroxylation is 3. The van der Waals surface area contributed by atoms with E-state index < -0.39 is 11.7 Å². The summed E-state index contributed by atoms with van der Waals surface area (Å²) in [5.41, 5.74) is 5.32. The minimum atomic E-state index is -0.478. The van der Waals surface area contributed by atoms with Gasteiger partial charge >= 0.3 is 0 Å². The Morgan fingerprint density at radius 3 is 2.00 bits per heavy atom. The summed E-state index contributed by atoms with van der Waals surface area (Å²) >= 11 is 0. The van der Waals surface area contributed by atoms with Gasteiger partial charge in [-0.25, -0.2) is 9.37 Å². The van der Waals surface area contributed by atoms with Crippen molar-refractivity contribution < 1.29 is 9.18 Å². The van der Waals surface area contributed by atoms with Crippen LogP contribution in [0.25, 0.3) is 0 Å². The van der Waals surface area contributed by atoms with Crippen LogP contribution in [0.3, 0.4) is 0 Å². The van der Waals surface area contributed by atoms with Crippen LogP contribution in [0.5, 0.6) is 0 Å². The van der Waals surface area contributed by atoms with Crippen molar-refractivity contribution in [3.63, 3.8) is 0 Å². The van der Waals surface area contributed by atoms with Gasteiger partial charge in [0.1, 0.15) is 11.5 Å². The lowest BCUT2D eigenvalue weighted by Crippen LogP contribution is -2.16. The van der Waals surface area contributed by atoms with Gasteiger partial charge in [-0.1, -0.05) is 44.2 Å². The van der Waals surface area contributed by atoms with Gasteiger partial charge in [-0.15, -0.1) is 0 Å². The molecule has 0 bridgehead atoms. The topological polar surface area (TPSA) is 78.9 Å². The number of hydrogen-bond acceptors (Lipinski definition) is 5. The molecule has 4 rings (SSSR count). The van der Waals surface area contributed by atoms with Crippen LogP contribution in [0.15, 0.2) is 72.8 Å². The molecule has 0 aliphatic heterocycles. The van der Waals surface area contributed by atoms with Crippen LogP contribution in [0.2, 0.25) is 0 Å². The lowest BCUT2D eigenvalue weighted by Gasteiger charge is -2.17. The van der Waals surface area contributed by atoms with Gasteiger partial charge in [0.05, 0.1) is 5.69 Å². The zero-order valence-electron chi connectivity index (χ0n) is 20.0. The molecule has 1 aromatic heterocycles. The largest absolute Gasteiger partial charge is 0.338 e. The molecule has 0 aliphatic carbocycles. The van der Waals surface area contributed by atoms with Crippen molar-refractivity contribution in [2.45, 2.75) is 33.6 Å². The summed E-state index contributed by atoms with van der Waals surface area (Å²) in [4.78, 5) is 22.1. The number of benzene rings is 3. The summed E-state index contributed by atoms with van der Waals surface area (Å²) in [5.74, 6) is -0.104. The highest BCUT2D eigenvalue weighted by Crippen LogP contribution is 2.29. The van der Waals surface area contributed by atoms with E-state index in [1.54, 1.807) is 13.0 Å². The minimum Gasteiger partial charge on any atom is -0.338 e. The van der Waals surface area contributed by atoms with Crippen LogP contribution in [-0.2, 0) is 12.8 Å². The Balaban J connectivity index is 1.67. The molecule has 4 aromatic rings. The Hall–Kier alpha value is -4.26. The van der Waals surface area contributed by atoms with E-state index in [1.165, 1.54) is 29.3 Å². The molecule has 1 heterocycles. The van der Waals surface area contributed by atoms with Crippen LogP contribution in [0.4, 0.5) is 33.2 Å². The monoisotopic (exact) mass is 469 g/mol. The quantitative estimate of drug-likeness (QED) is 0.265. The second-order valence-corrected chi connectivity index (χ2v) is 8.17. The van der Waals surface area contributed by atoms with Gasteiger partial charge in [-0.05, 0) is 73.4 Å². The van der Waals surface area contributed by atoms with Crippen molar-refractivity contribution in [2.24, 2.45) is 0 Å². The third kappa shape index (κ3) is 6.00. The lowest BCUT2D eigenvalue weighted by molar-refractivity contribution is 0.102. The van der Waals surface area contributed by atoms with E-state index in [1.807, 2.05) is 36.4 Å². The van der Waals surface area contributed by atoms with Gasteiger partial charge in [0.25, 0.3) is 5.91 Å². The van der Waals surface area contributed by atoms with Gasteiger partial charge in [0.2, 0.25) is 5.95 Å². The highest BCUT2D eigenvalue weighted by Gasteiger charge is 2.17. The highest BCUT2D eigenvalue weighted by molar-refractivity contribution is 6.06. The number of nitrogens with zero attached hydrogens (tertiary/aromatic N) is 2. The Kier molecular flexibility index (Phi) is 7.35. The Labute approximate surface area is 204 Å². The molecule has 1 amide bonds. The van der Waals surface area contributed by atoms with Crippen molar-refractivity contribution in [3.8, 4) is 0 Å². The van der Waals surface area contributed by atoms with E-state index in [9.17, 15) is 9.18 Å². The van der Waals surface area contributed by atoms with Crippen LogP contribution < -0.4 is 16.0 Å². The van der Waals surface area contributed by atoms with Gasteiger partial charge in [-0.3, -0.25) is 4.79 Å². The zero-order chi connectivity index (χ0) is 24.8. The zero-order valence-corrected chi connectivity index (χ0v) is 20.0. The number of aromatic nitrogens is 2. The second-order valence-electron chi connectivity index (χ2n) is 8.17. The number of amides is 1. The number of carbonyl (C=O) groups is 1. The normalized spacial score (nSPS) is 10.6. The number of hydrogen-bond donors (Lipinski definition) is 3. The van der Waals surface area contributed by atoms with Gasteiger partial charge < -0.3 is 16.0 Å². The molecule has 0 unspecified atom stereocenters. The van der Waals surface area contributed by atoms with Crippen molar-refractivity contribution >= 4 is 34.7 Å². The molecule has 0 saturated heterocycles. The van der Waals surface area contributed by atoms with Crippen LogP contribution in [-0.4, -0.2) is 15.9 Å². The molecule has 0 fully saturated rings. The molecule has 3 aromatic carbocycles. The molecule has 0 atom stereocenters. The maximum atomic E-state index is 13.7. The first kappa shape index (κ1) is 23.9. The Morgan fingerprint density at radius 1 is 0.829 bits per heavy atom. The van der Waals surface area contributed by atoms with Gasteiger partial charge in [0, 0.05) is 16.9 Å². The van der Waals surface area contributed by atoms with E-state index in [4.69, 9.17) is 0 Å². The van der Waals surface area contributed by atoms with Gasteiger partial charge in [0.15, 0.2) is 5.82 Å². The summed E-state index contributed by atoms with van der Waals surface area (Å²) in [6.45, 7) is 6.00. The number of halogens is 1. The Bertz CT molecular complexity index is 1320. The van der Waals surface area contributed by atoms with E-state index in [2.05, 4.69) is 51.9 Å². The van der Waals surface area contributed by atoms with Crippen molar-refractivity contribution in [3.05, 3.63) is 101 Å². The summed E-state index contributed by atoms with van der Waals surface area (Å²) in [6, 6.07) is 21.6.